The Labute approximate surface area is 178 Å². The van der Waals surface area contributed by atoms with Gasteiger partial charge in [0.2, 0.25) is 11.8 Å². The first-order valence-electron chi connectivity index (χ1n) is 10.4. The van der Waals surface area contributed by atoms with E-state index in [-0.39, 0.29) is 36.7 Å². The summed E-state index contributed by atoms with van der Waals surface area (Å²) in [6.07, 6.45) is 6.03. The molecule has 1 aliphatic rings. The van der Waals surface area contributed by atoms with Gasteiger partial charge in [-0.1, -0.05) is 31.4 Å². The molecule has 0 radical (unpaired) electrons. The van der Waals surface area contributed by atoms with E-state index < -0.39 is 0 Å². The molecule has 7 heteroatoms. The lowest BCUT2D eigenvalue weighted by Gasteiger charge is -2.31. The van der Waals surface area contributed by atoms with Crippen LogP contribution in [0.2, 0.25) is 0 Å². The maximum Gasteiger partial charge on any atom is 0.252 e. The van der Waals surface area contributed by atoms with E-state index in [0.29, 0.717) is 17.4 Å². The molecule has 1 saturated carbocycles. The van der Waals surface area contributed by atoms with Gasteiger partial charge in [0.05, 0.1) is 11.3 Å². The average molecular weight is 420 g/mol. The van der Waals surface area contributed by atoms with Gasteiger partial charge in [-0.05, 0) is 38.8 Å². The van der Waals surface area contributed by atoms with Crippen LogP contribution in [0.25, 0.3) is 0 Å². The molecule has 0 unspecified atom stereocenters. The molecule has 2 rings (SSSR count). The van der Waals surface area contributed by atoms with Gasteiger partial charge in [0.15, 0.2) is 0 Å². The molecule has 29 heavy (non-hydrogen) atoms. The van der Waals surface area contributed by atoms with Crippen LogP contribution in [0.15, 0.2) is 29.2 Å². The molecule has 0 atom stereocenters. The van der Waals surface area contributed by atoms with Crippen molar-refractivity contribution in [2.75, 3.05) is 19.3 Å². The quantitative estimate of drug-likeness (QED) is 0.603. The number of thioether (sulfide) groups is 1. The van der Waals surface area contributed by atoms with Crippen molar-refractivity contribution >= 4 is 29.5 Å². The molecule has 0 aliphatic heterocycles. The van der Waals surface area contributed by atoms with E-state index in [1.165, 1.54) is 31.0 Å². The van der Waals surface area contributed by atoms with Gasteiger partial charge in [0.1, 0.15) is 0 Å². The zero-order valence-corrected chi connectivity index (χ0v) is 18.5. The van der Waals surface area contributed by atoms with Crippen LogP contribution in [0.1, 0.15) is 62.7 Å². The lowest BCUT2D eigenvalue weighted by atomic mass is 9.94. The van der Waals surface area contributed by atoms with Crippen LogP contribution in [0, 0.1) is 0 Å². The molecule has 1 aromatic rings. The summed E-state index contributed by atoms with van der Waals surface area (Å²) in [5, 5.41) is 5.60. The summed E-state index contributed by atoms with van der Waals surface area (Å²) in [5.41, 5.74) is 0.537. The van der Waals surface area contributed by atoms with Crippen molar-refractivity contribution < 1.29 is 14.4 Å². The maximum absolute atomic E-state index is 12.6. The van der Waals surface area contributed by atoms with Crippen molar-refractivity contribution in [3.8, 4) is 0 Å². The van der Waals surface area contributed by atoms with E-state index >= 15 is 0 Å². The first-order chi connectivity index (χ1) is 13.9. The fourth-order valence-corrected chi connectivity index (χ4v) is 4.45. The zero-order valence-electron chi connectivity index (χ0n) is 17.7. The first-order valence-corrected chi connectivity index (χ1v) is 11.4. The highest BCUT2D eigenvalue weighted by molar-refractivity contribution is 8.00. The van der Waals surface area contributed by atoms with Gasteiger partial charge in [-0.2, -0.15) is 0 Å². The second-order valence-corrected chi connectivity index (χ2v) is 8.83. The summed E-state index contributed by atoms with van der Waals surface area (Å²) < 4.78 is 0. The number of hydrogen-bond acceptors (Lipinski definition) is 4. The first kappa shape index (κ1) is 23.3. The van der Waals surface area contributed by atoms with Crippen molar-refractivity contribution in [1.29, 1.82) is 0 Å². The number of nitrogens with zero attached hydrogens (tertiary/aromatic N) is 1. The van der Waals surface area contributed by atoms with Crippen LogP contribution in [0.3, 0.4) is 0 Å². The Morgan fingerprint density at radius 1 is 1.14 bits per heavy atom. The van der Waals surface area contributed by atoms with Gasteiger partial charge >= 0.3 is 0 Å². The van der Waals surface area contributed by atoms with Crippen molar-refractivity contribution in [3.05, 3.63) is 29.8 Å². The molecule has 2 N–H and O–H groups in total. The Kier molecular flexibility index (Phi) is 9.51. The molecule has 0 heterocycles. The minimum Gasteiger partial charge on any atom is -0.354 e. The molecule has 0 aromatic heterocycles. The summed E-state index contributed by atoms with van der Waals surface area (Å²) >= 11 is 1.39. The van der Waals surface area contributed by atoms with Crippen LogP contribution >= 0.6 is 11.8 Å². The topological polar surface area (TPSA) is 78.5 Å². The number of rotatable bonds is 9. The molecule has 0 spiro atoms. The lowest BCUT2D eigenvalue weighted by molar-refractivity contribution is -0.129. The molecule has 3 amide bonds. The Hall–Kier alpha value is -2.02. The molecular formula is C22H33N3O3S. The number of nitrogens with one attached hydrogen (secondary N) is 2. The van der Waals surface area contributed by atoms with Crippen LogP contribution in [0.4, 0.5) is 0 Å². The highest BCUT2D eigenvalue weighted by Crippen LogP contribution is 2.25. The second-order valence-electron chi connectivity index (χ2n) is 7.81. The van der Waals surface area contributed by atoms with Crippen molar-refractivity contribution in [1.82, 2.24) is 15.5 Å². The van der Waals surface area contributed by atoms with Crippen molar-refractivity contribution in [2.24, 2.45) is 0 Å². The molecule has 160 valence electrons. The molecule has 6 nitrogen and oxygen atoms in total. The number of carbonyl (C=O) groups excluding carboxylic acids is 3. The van der Waals surface area contributed by atoms with Gasteiger partial charge in [-0.15, -0.1) is 11.8 Å². The Balaban J connectivity index is 1.86. The maximum atomic E-state index is 12.6. The van der Waals surface area contributed by atoms with Gasteiger partial charge in [0.25, 0.3) is 5.91 Å². The van der Waals surface area contributed by atoms with Crippen LogP contribution < -0.4 is 10.6 Å². The lowest BCUT2D eigenvalue weighted by Crippen LogP contribution is -2.39. The third-order valence-electron chi connectivity index (χ3n) is 5.09. The van der Waals surface area contributed by atoms with Gasteiger partial charge in [-0.3, -0.25) is 14.4 Å². The predicted molar refractivity (Wildman–Crippen MR) is 117 cm³/mol. The van der Waals surface area contributed by atoms with Crippen LogP contribution in [-0.2, 0) is 9.59 Å². The minimum absolute atomic E-state index is 0.0830. The third kappa shape index (κ3) is 7.72. The van der Waals surface area contributed by atoms with E-state index in [1.807, 2.05) is 37.9 Å². The fourth-order valence-electron chi connectivity index (χ4n) is 3.47. The molecule has 1 fully saturated rings. The van der Waals surface area contributed by atoms with E-state index in [9.17, 15) is 14.4 Å². The highest BCUT2D eigenvalue weighted by Gasteiger charge is 2.22. The minimum atomic E-state index is -0.224. The van der Waals surface area contributed by atoms with Crippen LogP contribution in [-0.4, -0.2) is 54.1 Å². The summed E-state index contributed by atoms with van der Waals surface area (Å²) in [6, 6.07) is 7.71. The van der Waals surface area contributed by atoms with Crippen molar-refractivity contribution in [3.63, 3.8) is 0 Å². The monoisotopic (exact) mass is 419 g/mol. The zero-order chi connectivity index (χ0) is 21.2. The predicted octanol–water partition coefficient (Wildman–Crippen LogP) is 3.21. The summed E-state index contributed by atoms with van der Waals surface area (Å²) in [7, 11) is 1.89. The third-order valence-corrected chi connectivity index (χ3v) is 6.14. The van der Waals surface area contributed by atoms with Gasteiger partial charge < -0.3 is 15.5 Å². The standard InChI is InChI=1S/C22H33N3O3S/c1-16(2)24-20(26)13-14-23-22(28)18-11-7-8-12-19(18)29-15-21(27)25(3)17-9-5-4-6-10-17/h7-8,11-12,16-17H,4-6,9-10,13-15H2,1-3H3,(H,23,28)(H,24,26). The molecule has 1 aliphatic carbocycles. The smallest absolute Gasteiger partial charge is 0.252 e. The number of carbonyl (C=O) groups is 3. The second kappa shape index (κ2) is 11.9. The van der Waals surface area contributed by atoms with Gasteiger partial charge in [0, 0.05) is 37.0 Å². The van der Waals surface area contributed by atoms with Crippen LogP contribution in [0.5, 0.6) is 0 Å². The summed E-state index contributed by atoms with van der Waals surface area (Å²) in [4.78, 5) is 39.5. The van der Waals surface area contributed by atoms with Crippen molar-refractivity contribution in [2.45, 2.75) is 69.4 Å². The summed E-state index contributed by atoms with van der Waals surface area (Å²) in [5.74, 6) is 0.106. The number of hydrogen-bond donors (Lipinski definition) is 2. The van der Waals surface area contributed by atoms with E-state index in [1.54, 1.807) is 12.1 Å². The normalized spacial score (nSPS) is 14.5. The fraction of sp³-hybridized carbons (Fsp3) is 0.591. The van der Waals surface area contributed by atoms with Gasteiger partial charge in [-0.25, -0.2) is 0 Å². The van der Waals surface area contributed by atoms with E-state index in [0.717, 1.165) is 17.7 Å². The van der Waals surface area contributed by atoms with E-state index in [2.05, 4.69) is 10.6 Å². The number of benzene rings is 1. The molecule has 0 bridgehead atoms. The largest absolute Gasteiger partial charge is 0.354 e. The Bertz CT molecular complexity index is 702. The molecule has 0 saturated heterocycles. The SMILES string of the molecule is CC(C)NC(=O)CCNC(=O)c1ccccc1SCC(=O)N(C)C1CCCCC1. The Morgan fingerprint density at radius 3 is 2.52 bits per heavy atom. The number of amides is 3. The Morgan fingerprint density at radius 2 is 1.83 bits per heavy atom. The molecule has 1 aromatic carbocycles. The van der Waals surface area contributed by atoms with E-state index in [4.69, 9.17) is 0 Å². The highest BCUT2D eigenvalue weighted by atomic mass is 32.2. The summed E-state index contributed by atoms with van der Waals surface area (Å²) in [6.45, 7) is 4.08. The average Bonchev–Trinajstić information content (AvgIpc) is 2.71. The molecular weight excluding hydrogens is 386 g/mol.